The summed E-state index contributed by atoms with van der Waals surface area (Å²) in [6.45, 7) is 1.30. The van der Waals surface area contributed by atoms with Crippen LogP contribution in [0.5, 0.6) is 0 Å². The molecule has 2 heterocycles. The Morgan fingerprint density at radius 1 is 1.26 bits per heavy atom. The highest BCUT2D eigenvalue weighted by Crippen LogP contribution is 2.28. The van der Waals surface area contributed by atoms with Crippen LogP contribution in [0.1, 0.15) is 19.1 Å². The van der Waals surface area contributed by atoms with Gasteiger partial charge in [0, 0.05) is 18.7 Å². The molecule has 0 bridgehead atoms. The van der Waals surface area contributed by atoms with E-state index in [1.807, 2.05) is 0 Å². The Bertz CT molecular complexity index is 1010. The van der Waals surface area contributed by atoms with E-state index in [9.17, 15) is 21.6 Å². The quantitative estimate of drug-likeness (QED) is 0.771. The van der Waals surface area contributed by atoms with Crippen LogP contribution in [-0.4, -0.2) is 44.6 Å². The number of carbonyl (C=O) groups excluding carboxylic acids is 1. The summed E-state index contributed by atoms with van der Waals surface area (Å²) < 4.78 is 56.6. The van der Waals surface area contributed by atoms with Gasteiger partial charge in [-0.3, -0.25) is 4.79 Å². The number of sulfonamides is 1. The molecule has 1 atom stereocenters. The molecule has 1 aromatic carbocycles. The zero-order valence-electron chi connectivity index (χ0n) is 14.7. The number of nitrogens with zero attached hydrogens (tertiary/aromatic N) is 1. The van der Waals surface area contributed by atoms with Crippen LogP contribution in [0.25, 0.3) is 0 Å². The first-order valence-electron chi connectivity index (χ1n) is 8.30. The summed E-state index contributed by atoms with van der Waals surface area (Å²) in [6, 6.07) is 8.40. The molecule has 0 radical (unpaired) electrons. The van der Waals surface area contributed by atoms with Crippen LogP contribution in [0.2, 0.25) is 0 Å². The third-order valence-electron chi connectivity index (χ3n) is 4.29. The number of hydrogen-bond donors (Lipinski definition) is 1. The largest absolute Gasteiger partial charge is 0.468 e. The lowest BCUT2D eigenvalue weighted by molar-refractivity contribution is -0.114. The van der Waals surface area contributed by atoms with Gasteiger partial charge < -0.3 is 9.73 Å². The van der Waals surface area contributed by atoms with Gasteiger partial charge in [-0.05, 0) is 42.8 Å². The van der Waals surface area contributed by atoms with Gasteiger partial charge in [0.05, 0.1) is 29.2 Å². The predicted molar refractivity (Wildman–Crippen MR) is 99.2 cm³/mol. The Hall–Kier alpha value is -2.17. The van der Waals surface area contributed by atoms with E-state index >= 15 is 0 Å². The lowest BCUT2D eigenvalue weighted by Crippen LogP contribution is -2.40. The number of benzene rings is 1. The minimum atomic E-state index is -3.96. The van der Waals surface area contributed by atoms with E-state index in [0.717, 1.165) is 0 Å². The number of rotatable bonds is 6. The molecular weight excluding hydrogens is 392 g/mol. The first kappa shape index (κ1) is 19.6. The Morgan fingerprint density at radius 2 is 1.96 bits per heavy atom. The molecule has 0 aliphatic carbocycles. The molecule has 146 valence electrons. The van der Waals surface area contributed by atoms with Gasteiger partial charge in [0.1, 0.15) is 5.76 Å². The molecule has 0 unspecified atom stereocenters. The Morgan fingerprint density at radius 3 is 2.48 bits per heavy atom. The first-order chi connectivity index (χ1) is 12.7. The molecule has 1 saturated heterocycles. The second-order valence-corrected chi connectivity index (χ2v) is 10.5. The van der Waals surface area contributed by atoms with E-state index in [-0.39, 0.29) is 35.3 Å². The predicted octanol–water partition coefficient (Wildman–Crippen LogP) is 1.62. The minimum Gasteiger partial charge on any atom is -0.468 e. The fourth-order valence-corrected chi connectivity index (χ4v) is 6.46. The summed E-state index contributed by atoms with van der Waals surface area (Å²) in [5.41, 5.74) is 0.475. The van der Waals surface area contributed by atoms with Gasteiger partial charge in [-0.2, -0.15) is 4.31 Å². The van der Waals surface area contributed by atoms with Crippen LogP contribution in [0.15, 0.2) is 52.0 Å². The monoisotopic (exact) mass is 412 g/mol. The van der Waals surface area contributed by atoms with Crippen molar-refractivity contribution in [3.63, 3.8) is 0 Å². The van der Waals surface area contributed by atoms with Crippen LogP contribution in [0, 0.1) is 0 Å². The van der Waals surface area contributed by atoms with Crippen molar-refractivity contribution >= 4 is 31.5 Å². The van der Waals surface area contributed by atoms with Crippen molar-refractivity contribution in [2.24, 2.45) is 0 Å². The van der Waals surface area contributed by atoms with Crippen molar-refractivity contribution in [3.8, 4) is 0 Å². The molecule has 1 aliphatic heterocycles. The van der Waals surface area contributed by atoms with Crippen LogP contribution in [-0.2, 0) is 31.2 Å². The molecule has 1 aliphatic rings. The highest BCUT2D eigenvalue weighted by molar-refractivity contribution is 7.92. The lowest BCUT2D eigenvalue weighted by atomic mass is 10.2. The molecule has 8 nitrogen and oxygen atoms in total. The summed E-state index contributed by atoms with van der Waals surface area (Å²) in [4.78, 5) is 11.1. The van der Waals surface area contributed by atoms with E-state index in [2.05, 4.69) is 5.32 Å². The number of anilines is 1. The molecule has 0 saturated carbocycles. The van der Waals surface area contributed by atoms with E-state index in [1.165, 1.54) is 41.8 Å². The van der Waals surface area contributed by atoms with Crippen molar-refractivity contribution in [1.29, 1.82) is 0 Å². The van der Waals surface area contributed by atoms with Gasteiger partial charge in [0.15, 0.2) is 9.84 Å². The van der Waals surface area contributed by atoms with E-state index in [0.29, 0.717) is 11.4 Å². The number of nitrogens with one attached hydrogen (secondary N) is 1. The van der Waals surface area contributed by atoms with Crippen molar-refractivity contribution in [1.82, 2.24) is 4.31 Å². The minimum absolute atomic E-state index is 0.0208. The molecule has 2 aromatic rings. The second-order valence-electron chi connectivity index (χ2n) is 6.39. The normalized spacial score (nSPS) is 19.3. The zero-order chi connectivity index (χ0) is 19.7. The topological polar surface area (TPSA) is 114 Å². The van der Waals surface area contributed by atoms with Gasteiger partial charge >= 0.3 is 0 Å². The maximum Gasteiger partial charge on any atom is 0.243 e. The highest BCUT2D eigenvalue weighted by atomic mass is 32.2. The standard InChI is InChI=1S/C17H20N2O6S2/c1-13(20)18-14-4-6-17(7-5-14)27(23,24)19(11-16-3-2-9-25-16)15-8-10-26(21,22)12-15/h2-7,9,15H,8,10-12H2,1H3,(H,18,20)/t15-/m1/s1. The molecule has 3 rings (SSSR count). The Labute approximate surface area is 158 Å². The highest BCUT2D eigenvalue weighted by Gasteiger charge is 2.39. The van der Waals surface area contributed by atoms with Crippen LogP contribution >= 0.6 is 0 Å². The number of sulfone groups is 1. The number of carbonyl (C=O) groups is 1. The number of amides is 1. The van der Waals surface area contributed by atoms with Gasteiger partial charge in [0.2, 0.25) is 15.9 Å². The molecular formula is C17H20N2O6S2. The number of furan rings is 1. The summed E-state index contributed by atoms with van der Waals surface area (Å²) in [7, 11) is -7.23. The Balaban J connectivity index is 1.93. The van der Waals surface area contributed by atoms with Crippen molar-refractivity contribution < 1.29 is 26.0 Å². The summed E-state index contributed by atoms with van der Waals surface area (Å²) in [6.07, 6.45) is 1.68. The van der Waals surface area contributed by atoms with E-state index in [1.54, 1.807) is 12.1 Å². The van der Waals surface area contributed by atoms with Gasteiger partial charge in [-0.15, -0.1) is 0 Å². The van der Waals surface area contributed by atoms with Crippen molar-refractivity contribution in [3.05, 3.63) is 48.4 Å². The molecule has 27 heavy (non-hydrogen) atoms. The SMILES string of the molecule is CC(=O)Nc1ccc(S(=O)(=O)N(Cc2ccco2)[C@@H]2CCS(=O)(=O)C2)cc1. The Kier molecular flexibility index (Phi) is 5.41. The van der Waals surface area contributed by atoms with Crippen molar-refractivity contribution in [2.45, 2.75) is 30.8 Å². The van der Waals surface area contributed by atoms with E-state index in [4.69, 9.17) is 4.42 Å². The molecule has 10 heteroatoms. The van der Waals surface area contributed by atoms with Crippen LogP contribution in [0.3, 0.4) is 0 Å². The zero-order valence-corrected chi connectivity index (χ0v) is 16.3. The van der Waals surface area contributed by atoms with Gasteiger partial charge in [-0.25, -0.2) is 16.8 Å². The molecule has 1 amide bonds. The first-order valence-corrected chi connectivity index (χ1v) is 11.6. The van der Waals surface area contributed by atoms with Gasteiger partial charge in [0.25, 0.3) is 0 Å². The average molecular weight is 412 g/mol. The van der Waals surface area contributed by atoms with Crippen LogP contribution in [0.4, 0.5) is 5.69 Å². The van der Waals surface area contributed by atoms with Crippen LogP contribution < -0.4 is 5.32 Å². The molecule has 1 aromatic heterocycles. The fourth-order valence-electron chi connectivity index (χ4n) is 3.02. The maximum absolute atomic E-state index is 13.2. The molecule has 1 N–H and O–H groups in total. The lowest BCUT2D eigenvalue weighted by Gasteiger charge is -2.26. The average Bonchev–Trinajstić information content (AvgIpc) is 3.21. The molecule has 1 fully saturated rings. The third-order valence-corrected chi connectivity index (χ3v) is 7.95. The third kappa shape index (κ3) is 4.57. The summed E-state index contributed by atoms with van der Waals surface area (Å²) in [5.74, 6) is -0.0841. The number of hydrogen-bond acceptors (Lipinski definition) is 6. The van der Waals surface area contributed by atoms with E-state index < -0.39 is 25.9 Å². The van der Waals surface area contributed by atoms with Gasteiger partial charge in [-0.1, -0.05) is 0 Å². The fraction of sp³-hybridized carbons (Fsp3) is 0.353. The smallest absolute Gasteiger partial charge is 0.243 e. The molecule has 0 spiro atoms. The second kappa shape index (κ2) is 7.45. The summed E-state index contributed by atoms with van der Waals surface area (Å²) >= 11 is 0. The van der Waals surface area contributed by atoms with Crippen molar-refractivity contribution in [2.75, 3.05) is 16.8 Å². The summed E-state index contributed by atoms with van der Waals surface area (Å²) in [5, 5.41) is 2.57. The maximum atomic E-state index is 13.2.